The van der Waals surface area contributed by atoms with Crippen LogP contribution in [0.1, 0.15) is 76.6 Å². The van der Waals surface area contributed by atoms with Gasteiger partial charge in [-0.2, -0.15) is 11.8 Å². The number of carboxylic acid groups (broad SMARTS) is 1. The lowest BCUT2D eigenvalue weighted by Gasteiger charge is -2.42. The van der Waals surface area contributed by atoms with Crippen LogP contribution >= 0.6 is 11.8 Å². The van der Waals surface area contributed by atoms with Gasteiger partial charge in [-0.25, -0.2) is 8.78 Å². The Balaban J connectivity index is 1.31. The predicted molar refractivity (Wildman–Crippen MR) is 213 cm³/mol. The second-order valence-electron chi connectivity index (χ2n) is 15.8. The van der Waals surface area contributed by atoms with Crippen LogP contribution in [0, 0.1) is 28.9 Å². The van der Waals surface area contributed by atoms with Crippen molar-refractivity contribution in [1.82, 2.24) is 19.7 Å². The maximum Gasteiger partial charge on any atom is 0.307 e. The first-order chi connectivity index (χ1) is 26.7. The van der Waals surface area contributed by atoms with E-state index >= 15 is 4.39 Å². The molecule has 1 saturated heterocycles. The molecule has 0 aliphatic carbocycles. The van der Waals surface area contributed by atoms with E-state index < -0.39 is 35.0 Å². The fraction of sp³-hybridized carbons (Fsp3) is 0.465. The highest BCUT2D eigenvalue weighted by Crippen LogP contribution is 2.42. The maximum absolute atomic E-state index is 15.2. The Bertz CT molecular complexity index is 1890. The van der Waals surface area contributed by atoms with E-state index in [2.05, 4.69) is 26.1 Å². The van der Waals surface area contributed by atoms with Crippen LogP contribution < -0.4 is 5.32 Å². The number of halogens is 2. The summed E-state index contributed by atoms with van der Waals surface area (Å²) < 4.78 is 31.6. The van der Waals surface area contributed by atoms with Crippen molar-refractivity contribution in [2.75, 3.05) is 37.7 Å². The van der Waals surface area contributed by atoms with Gasteiger partial charge < -0.3 is 19.9 Å². The highest BCUT2D eigenvalue weighted by Gasteiger charge is 2.39. The van der Waals surface area contributed by atoms with Crippen LogP contribution in [0.25, 0.3) is 11.1 Å². The second kappa shape index (κ2) is 19.5. The Labute approximate surface area is 331 Å². The summed E-state index contributed by atoms with van der Waals surface area (Å²) in [5, 5.41) is 13.4. The van der Waals surface area contributed by atoms with Gasteiger partial charge in [-0.1, -0.05) is 57.5 Å². The number of hydrogen-bond acceptors (Lipinski definition) is 7. The van der Waals surface area contributed by atoms with Crippen LogP contribution in [0.2, 0.25) is 0 Å². The summed E-state index contributed by atoms with van der Waals surface area (Å²) >= 11 is 1.19. The number of carbonyl (C=O) groups excluding carboxylic acids is 4. The third-order valence-corrected chi connectivity index (χ3v) is 11.4. The van der Waals surface area contributed by atoms with E-state index in [-0.39, 0.29) is 65.9 Å². The van der Waals surface area contributed by atoms with Crippen molar-refractivity contribution in [2.45, 2.75) is 71.9 Å². The molecule has 5 rings (SSSR count). The molecule has 0 radical (unpaired) electrons. The third kappa shape index (κ3) is 11.5. The molecule has 2 aliphatic rings. The minimum atomic E-state index is -1.10. The van der Waals surface area contributed by atoms with E-state index in [9.17, 15) is 33.5 Å². The number of hydrogen-bond donors (Lipinski definition) is 2. The van der Waals surface area contributed by atoms with Gasteiger partial charge >= 0.3 is 5.97 Å². The molecule has 56 heavy (non-hydrogen) atoms. The van der Waals surface area contributed by atoms with Gasteiger partial charge in [0.25, 0.3) is 11.8 Å². The molecule has 1 fully saturated rings. The molecule has 3 heterocycles. The minimum Gasteiger partial charge on any atom is -0.481 e. The zero-order valence-electron chi connectivity index (χ0n) is 32.3. The van der Waals surface area contributed by atoms with E-state index in [0.29, 0.717) is 37.9 Å². The average molecular weight is 791 g/mol. The fourth-order valence-corrected chi connectivity index (χ4v) is 8.50. The Hall–Kier alpha value is -4.62. The number of imide groups is 1. The largest absolute Gasteiger partial charge is 0.481 e. The summed E-state index contributed by atoms with van der Waals surface area (Å²) in [6.45, 7) is 8.89. The zero-order valence-corrected chi connectivity index (χ0v) is 33.2. The molecule has 0 spiro atoms. The van der Waals surface area contributed by atoms with Crippen molar-refractivity contribution in [3.05, 3.63) is 95.8 Å². The second-order valence-corrected chi connectivity index (χ2v) is 16.9. The highest BCUT2D eigenvalue weighted by atomic mass is 32.2. The molecular weight excluding hydrogens is 739 g/mol. The van der Waals surface area contributed by atoms with Gasteiger partial charge in [0.1, 0.15) is 17.4 Å². The maximum atomic E-state index is 15.2. The summed E-state index contributed by atoms with van der Waals surface area (Å²) in [7, 11) is 0. The molecule has 2 aliphatic heterocycles. The topological polar surface area (TPSA) is 129 Å². The van der Waals surface area contributed by atoms with Crippen molar-refractivity contribution in [2.24, 2.45) is 17.3 Å². The Morgan fingerprint density at radius 2 is 1.73 bits per heavy atom. The van der Waals surface area contributed by atoms with Crippen LogP contribution in [0.4, 0.5) is 8.78 Å². The number of aliphatic carboxylic acids is 1. The van der Waals surface area contributed by atoms with Gasteiger partial charge in [0.15, 0.2) is 0 Å². The number of nitrogens with zero attached hydrogens (tertiary/aromatic N) is 3. The van der Waals surface area contributed by atoms with E-state index in [1.807, 2.05) is 52.1 Å². The molecule has 300 valence electrons. The first kappa shape index (κ1) is 42.5. The van der Waals surface area contributed by atoms with Gasteiger partial charge in [0, 0.05) is 73.4 Å². The molecule has 3 aromatic rings. The lowest BCUT2D eigenvalue weighted by Crippen LogP contribution is -2.45. The number of nitrogens with one attached hydrogen (secondary N) is 1. The fourth-order valence-electron chi connectivity index (χ4n) is 7.50. The number of thioether (sulfide) groups is 1. The summed E-state index contributed by atoms with van der Waals surface area (Å²) in [4.78, 5) is 66.0. The monoisotopic (exact) mass is 790 g/mol. The van der Waals surface area contributed by atoms with Gasteiger partial charge in [-0.15, -0.1) is 0 Å². The number of carbonyl (C=O) groups is 5. The molecule has 2 N–H and O–H groups in total. The molecule has 13 heteroatoms. The van der Waals surface area contributed by atoms with Gasteiger partial charge in [-0.05, 0) is 73.5 Å². The van der Waals surface area contributed by atoms with Crippen molar-refractivity contribution < 1.29 is 37.9 Å². The first-order valence-electron chi connectivity index (χ1n) is 19.3. The number of rotatable bonds is 20. The smallest absolute Gasteiger partial charge is 0.307 e. The summed E-state index contributed by atoms with van der Waals surface area (Å²) in [5.74, 6) is -3.97. The van der Waals surface area contributed by atoms with Crippen molar-refractivity contribution in [1.29, 1.82) is 0 Å². The summed E-state index contributed by atoms with van der Waals surface area (Å²) in [6.07, 6.45) is 6.87. The minimum absolute atomic E-state index is 0.00171. The van der Waals surface area contributed by atoms with E-state index in [1.165, 1.54) is 30.0 Å². The molecule has 10 nitrogen and oxygen atoms in total. The number of carboxylic acids is 1. The third-order valence-electron chi connectivity index (χ3n) is 10.3. The number of benzene rings is 2. The number of amides is 3. The average Bonchev–Trinajstić information content (AvgIpc) is 3.89. The Morgan fingerprint density at radius 3 is 2.39 bits per heavy atom. The highest BCUT2D eigenvalue weighted by molar-refractivity contribution is 7.99. The van der Waals surface area contributed by atoms with Gasteiger partial charge in [0.05, 0.1) is 17.7 Å². The van der Waals surface area contributed by atoms with Crippen LogP contribution in [0.5, 0.6) is 0 Å². The standard InChI is InChI=1S/C43H52F2N4O6S/c1-43(2,3)41(37-21-31(35-22-33(44)13-14-36(35)45)26-47(37)24-29-10-6-4-7-11-29)49(25-30-17-18-46-23-30)40(53)28-56-27-32(42(54)55)20-34(50)12-8-5-9-19-48-38(51)15-16-39(48)52/h4,6-7,10-11,13-16,21-22,26,30,32,41,46H,5,8-9,12,17-20,23-25,27-28H2,1-3H3,(H,54,55)/t30?,32-,41-/m0/s1. The van der Waals surface area contributed by atoms with Crippen LogP contribution in [-0.2, 0) is 30.5 Å². The summed E-state index contributed by atoms with van der Waals surface area (Å²) in [6, 6.07) is 14.5. The molecule has 3 amide bonds. The number of unbranched alkanes of at least 4 members (excludes halogenated alkanes) is 2. The normalized spacial score (nSPS) is 16.7. The van der Waals surface area contributed by atoms with Crippen LogP contribution in [0.3, 0.4) is 0 Å². The van der Waals surface area contributed by atoms with Crippen molar-refractivity contribution in [3.63, 3.8) is 0 Å². The van der Waals surface area contributed by atoms with E-state index in [1.54, 1.807) is 0 Å². The van der Waals surface area contributed by atoms with Crippen molar-refractivity contribution >= 4 is 41.2 Å². The number of ketones is 1. The predicted octanol–water partition coefficient (Wildman–Crippen LogP) is 6.89. The molecule has 3 atom stereocenters. The van der Waals surface area contributed by atoms with E-state index in [4.69, 9.17) is 0 Å². The van der Waals surface area contributed by atoms with Crippen LogP contribution in [-0.4, -0.2) is 86.6 Å². The number of Topliss-reactive ketones (excluding diaryl/α,β-unsaturated/α-hetero) is 1. The molecule has 1 aromatic heterocycles. The van der Waals surface area contributed by atoms with Gasteiger partial charge in [0.2, 0.25) is 5.91 Å². The lowest BCUT2D eigenvalue weighted by atomic mass is 9.82. The SMILES string of the molecule is CC(C)(C)[C@H](c1cc(-c2cc(F)ccc2F)cn1Cc1ccccc1)N(CC1CCNC1)C(=O)CSC[C@H](CC(=O)CCCCCN1C(=O)C=CC1=O)C(=O)O. The molecule has 2 aromatic carbocycles. The molecule has 1 unspecified atom stereocenters. The molecule has 0 saturated carbocycles. The molecular formula is C43H52F2N4O6S. The summed E-state index contributed by atoms with van der Waals surface area (Å²) in [5.41, 5.74) is 1.88. The van der Waals surface area contributed by atoms with Crippen molar-refractivity contribution in [3.8, 4) is 11.1 Å². The quantitative estimate of drug-likeness (QED) is 0.0937. The Kier molecular flexibility index (Phi) is 14.8. The molecule has 0 bridgehead atoms. The lowest BCUT2D eigenvalue weighted by molar-refractivity contribution is -0.143. The van der Waals surface area contributed by atoms with E-state index in [0.717, 1.165) is 47.8 Å². The number of aromatic nitrogens is 1. The zero-order chi connectivity index (χ0) is 40.4. The van der Waals surface area contributed by atoms with Gasteiger partial charge in [-0.3, -0.25) is 28.9 Å². The Morgan fingerprint density at radius 1 is 1.00 bits per heavy atom. The first-order valence-corrected chi connectivity index (χ1v) is 20.4. The van der Waals surface area contributed by atoms with Crippen LogP contribution in [0.15, 0.2) is 72.9 Å².